The second kappa shape index (κ2) is 10.3. The molecule has 14 heteroatoms. The summed E-state index contributed by atoms with van der Waals surface area (Å²) in [6.07, 6.45) is -7.40. The molecule has 1 aliphatic carbocycles. The lowest BCUT2D eigenvalue weighted by atomic mass is 9.82. The van der Waals surface area contributed by atoms with Crippen molar-refractivity contribution in [2.75, 3.05) is 19.8 Å². The number of hydrogen-bond acceptors (Lipinski definition) is 14. The highest BCUT2D eigenvalue weighted by molar-refractivity contribution is 5.11. The highest BCUT2D eigenvalue weighted by Crippen LogP contribution is 2.41. The summed E-state index contributed by atoms with van der Waals surface area (Å²) in [5, 5.41) is 92.3. The van der Waals surface area contributed by atoms with E-state index in [0.717, 1.165) is 6.42 Å². The molecule has 2 saturated heterocycles. The Kier molecular flexibility index (Phi) is 7.86. The van der Waals surface area contributed by atoms with Crippen molar-refractivity contribution >= 4 is 0 Å². The van der Waals surface area contributed by atoms with Gasteiger partial charge < -0.3 is 69.6 Å². The minimum absolute atomic E-state index is 0.0833. The van der Waals surface area contributed by atoms with E-state index >= 15 is 0 Å². The SMILES string of the molecule is OC[C@H]1O[C@@H](OC[C@]2(O)[C@H](O)[C@@H](O)[C@@H](OC3OC=C[C@@H]4CC=C[C@H]34)O[C@@]2(O)CO)[C@H](O)[C@@H](O)[C@@H]1O. The lowest BCUT2D eigenvalue weighted by Crippen LogP contribution is -2.76. The van der Waals surface area contributed by atoms with Crippen molar-refractivity contribution in [3.05, 3.63) is 24.5 Å². The maximum absolute atomic E-state index is 11.1. The molecule has 0 spiro atoms. The molecule has 4 aliphatic rings. The van der Waals surface area contributed by atoms with Crippen molar-refractivity contribution in [2.45, 2.75) is 73.3 Å². The number of allylic oxidation sites excluding steroid dienone is 2. The number of hydrogen-bond donors (Lipinski definition) is 9. The molecular formula is C21H32O14. The fourth-order valence-electron chi connectivity index (χ4n) is 4.68. The van der Waals surface area contributed by atoms with Crippen LogP contribution in [0.4, 0.5) is 0 Å². The van der Waals surface area contributed by atoms with E-state index in [2.05, 4.69) is 0 Å². The topological polar surface area (TPSA) is 228 Å². The van der Waals surface area contributed by atoms with Gasteiger partial charge in [-0.05, 0) is 18.4 Å². The highest BCUT2D eigenvalue weighted by Gasteiger charge is 2.65. The molecule has 1 unspecified atom stereocenters. The molecule has 35 heavy (non-hydrogen) atoms. The average molecular weight is 508 g/mol. The normalized spacial score (nSPS) is 51.7. The largest absolute Gasteiger partial charge is 0.472 e. The number of ether oxygens (including phenoxy) is 5. The van der Waals surface area contributed by atoms with Gasteiger partial charge in [-0.25, -0.2) is 0 Å². The minimum Gasteiger partial charge on any atom is -0.472 e. The molecule has 13 atom stereocenters. The molecule has 4 rings (SSSR count). The zero-order valence-electron chi connectivity index (χ0n) is 18.6. The molecule has 0 aromatic heterocycles. The van der Waals surface area contributed by atoms with Gasteiger partial charge in [0.2, 0.25) is 12.1 Å². The van der Waals surface area contributed by atoms with Gasteiger partial charge in [0.15, 0.2) is 18.2 Å². The van der Waals surface area contributed by atoms with Gasteiger partial charge in [-0.3, -0.25) is 0 Å². The third-order valence-electron chi connectivity index (χ3n) is 6.99. The quantitative estimate of drug-likeness (QED) is 0.147. The lowest BCUT2D eigenvalue weighted by Gasteiger charge is -2.52. The van der Waals surface area contributed by atoms with Crippen LogP contribution in [0.1, 0.15) is 6.42 Å². The summed E-state index contributed by atoms with van der Waals surface area (Å²) in [6.45, 7) is -3.11. The smallest absolute Gasteiger partial charge is 0.226 e. The van der Waals surface area contributed by atoms with Crippen LogP contribution in [0.3, 0.4) is 0 Å². The Labute approximate surface area is 199 Å². The second-order valence-corrected chi connectivity index (χ2v) is 9.17. The van der Waals surface area contributed by atoms with Crippen molar-refractivity contribution in [1.82, 2.24) is 0 Å². The van der Waals surface area contributed by atoms with Gasteiger partial charge in [0.1, 0.15) is 43.2 Å². The third-order valence-corrected chi connectivity index (χ3v) is 6.99. The number of rotatable bonds is 7. The Morgan fingerprint density at radius 2 is 1.63 bits per heavy atom. The van der Waals surface area contributed by atoms with Crippen molar-refractivity contribution in [3.63, 3.8) is 0 Å². The van der Waals surface area contributed by atoms with E-state index in [9.17, 15) is 46.0 Å². The molecule has 0 bridgehead atoms. The monoisotopic (exact) mass is 508 g/mol. The highest BCUT2D eigenvalue weighted by atomic mass is 16.8. The van der Waals surface area contributed by atoms with Gasteiger partial charge in [0, 0.05) is 5.92 Å². The van der Waals surface area contributed by atoms with Crippen molar-refractivity contribution in [1.29, 1.82) is 0 Å². The van der Waals surface area contributed by atoms with E-state index in [-0.39, 0.29) is 11.8 Å². The van der Waals surface area contributed by atoms with E-state index in [4.69, 9.17) is 23.7 Å². The Hall–Kier alpha value is -1.24. The van der Waals surface area contributed by atoms with E-state index in [1.807, 2.05) is 18.2 Å². The minimum atomic E-state index is -2.93. The molecule has 0 radical (unpaired) electrons. The summed E-state index contributed by atoms with van der Waals surface area (Å²) in [7, 11) is 0. The maximum Gasteiger partial charge on any atom is 0.226 e. The first-order valence-electron chi connectivity index (χ1n) is 11.2. The summed E-state index contributed by atoms with van der Waals surface area (Å²) in [5.41, 5.74) is -2.89. The summed E-state index contributed by atoms with van der Waals surface area (Å²) in [4.78, 5) is 0. The number of fused-ring (bicyclic) bond motifs is 1. The first kappa shape index (κ1) is 26.8. The van der Waals surface area contributed by atoms with Gasteiger partial charge >= 0.3 is 0 Å². The van der Waals surface area contributed by atoms with Crippen LogP contribution in [0.2, 0.25) is 0 Å². The van der Waals surface area contributed by atoms with Crippen LogP contribution >= 0.6 is 0 Å². The fraction of sp³-hybridized carbons (Fsp3) is 0.810. The number of aliphatic hydroxyl groups excluding tert-OH is 7. The van der Waals surface area contributed by atoms with Crippen LogP contribution in [0.5, 0.6) is 0 Å². The van der Waals surface area contributed by atoms with E-state index < -0.39 is 86.7 Å². The summed E-state index contributed by atoms with van der Waals surface area (Å²) >= 11 is 0. The van der Waals surface area contributed by atoms with Gasteiger partial charge in [-0.15, -0.1) is 0 Å². The molecule has 9 N–H and O–H groups in total. The Bertz CT molecular complexity index is 792. The van der Waals surface area contributed by atoms with Crippen LogP contribution in [0.25, 0.3) is 0 Å². The van der Waals surface area contributed by atoms with E-state index in [0.29, 0.717) is 0 Å². The Balaban J connectivity index is 1.47. The molecule has 2 fully saturated rings. The molecule has 3 aliphatic heterocycles. The molecule has 0 amide bonds. The molecule has 14 nitrogen and oxygen atoms in total. The van der Waals surface area contributed by atoms with Crippen molar-refractivity contribution < 1.29 is 69.6 Å². The third kappa shape index (κ3) is 4.64. The summed E-state index contributed by atoms with van der Waals surface area (Å²) in [5.74, 6) is -3.08. The molecular weight excluding hydrogens is 476 g/mol. The maximum atomic E-state index is 11.1. The standard InChI is InChI=1S/C21H32O14/c22-6-11-12(24)13(25)14(26)18(33-11)32-8-20(29)16(28)15(27)19(35-21(20,30)7-23)34-17-10-3-1-2-9(10)4-5-31-17/h1,3-5,9-19,22-30H,2,6-8H2/t9-,10-,11+,12+,13-,14+,15+,16+,17?,18+,19-,20-,21-/m0/s1. The lowest BCUT2D eigenvalue weighted by molar-refractivity contribution is -0.450. The van der Waals surface area contributed by atoms with Gasteiger partial charge in [-0.1, -0.05) is 12.2 Å². The van der Waals surface area contributed by atoms with Crippen LogP contribution in [-0.2, 0) is 23.7 Å². The van der Waals surface area contributed by atoms with Crippen molar-refractivity contribution in [2.24, 2.45) is 11.8 Å². The first-order chi connectivity index (χ1) is 16.6. The van der Waals surface area contributed by atoms with Gasteiger partial charge in [-0.2, -0.15) is 0 Å². The van der Waals surface area contributed by atoms with E-state index in [1.165, 1.54) is 6.26 Å². The second-order valence-electron chi connectivity index (χ2n) is 9.17. The molecule has 0 aromatic rings. The van der Waals surface area contributed by atoms with Gasteiger partial charge in [0.05, 0.1) is 19.5 Å². The van der Waals surface area contributed by atoms with Crippen LogP contribution in [-0.4, -0.2) is 133 Å². The van der Waals surface area contributed by atoms with E-state index in [1.54, 1.807) is 0 Å². The Morgan fingerprint density at radius 1 is 0.886 bits per heavy atom. The number of aliphatic hydroxyl groups is 9. The zero-order chi connectivity index (χ0) is 25.5. The van der Waals surface area contributed by atoms with Crippen LogP contribution in [0, 0.1) is 11.8 Å². The molecule has 0 aromatic carbocycles. The summed E-state index contributed by atoms with van der Waals surface area (Å²) in [6, 6.07) is 0. The van der Waals surface area contributed by atoms with Crippen LogP contribution in [0.15, 0.2) is 24.5 Å². The zero-order valence-corrected chi connectivity index (χ0v) is 18.6. The molecule has 200 valence electrons. The predicted octanol–water partition coefficient (Wildman–Crippen LogP) is -4.63. The van der Waals surface area contributed by atoms with Crippen molar-refractivity contribution in [3.8, 4) is 0 Å². The predicted molar refractivity (Wildman–Crippen MR) is 109 cm³/mol. The summed E-state index contributed by atoms with van der Waals surface area (Å²) < 4.78 is 26.8. The first-order valence-corrected chi connectivity index (χ1v) is 11.2. The molecule has 0 saturated carbocycles. The molecule has 3 heterocycles. The fourth-order valence-corrected chi connectivity index (χ4v) is 4.68. The average Bonchev–Trinajstić information content (AvgIpc) is 3.34. The Morgan fingerprint density at radius 3 is 2.31 bits per heavy atom. The van der Waals surface area contributed by atoms with Gasteiger partial charge in [0.25, 0.3) is 0 Å². The van der Waals surface area contributed by atoms with Crippen LogP contribution < -0.4 is 0 Å².